The van der Waals surface area contributed by atoms with E-state index >= 15 is 0 Å². The molecule has 2 rings (SSSR count). The first kappa shape index (κ1) is 13.1. The van der Waals surface area contributed by atoms with Crippen LogP contribution in [0.25, 0.3) is 0 Å². The molecule has 0 saturated heterocycles. The Morgan fingerprint density at radius 2 is 1.94 bits per heavy atom. The van der Waals surface area contributed by atoms with Gasteiger partial charge >= 0.3 is 0 Å². The molecule has 0 radical (unpaired) electrons. The van der Waals surface area contributed by atoms with Crippen molar-refractivity contribution in [1.82, 2.24) is 9.88 Å². The molecule has 0 amide bonds. The highest BCUT2D eigenvalue weighted by atomic mass is 32.1. The quantitative estimate of drug-likeness (QED) is 0.895. The summed E-state index contributed by atoms with van der Waals surface area (Å²) in [5.41, 5.74) is 3.52. The van der Waals surface area contributed by atoms with Crippen LogP contribution in [-0.2, 0) is 6.42 Å². The average molecular weight is 261 g/mol. The fourth-order valence-corrected chi connectivity index (χ4v) is 2.35. The summed E-state index contributed by atoms with van der Waals surface area (Å²) in [6.45, 7) is 3.09. The molecular formula is C14H19N3S. The molecule has 1 heterocycles. The highest BCUT2D eigenvalue weighted by molar-refractivity contribution is 7.13. The van der Waals surface area contributed by atoms with Crippen molar-refractivity contribution in [2.24, 2.45) is 0 Å². The Balaban J connectivity index is 1.95. The second kappa shape index (κ2) is 5.98. The summed E-state index contributed by atoms with van der Waals surface area (Å²) >= 11 is 1.63. The Bertz CT molecular complexity index is 488. The molecule has 0 atom stereocenters. The van der Waals surface area contributed by atoms with E-state index in [1.54, 1.807) is 11.3 Å². The number of rotatable bonds is 5. The summed E-state index contributed by atoms with van der Waals surface area (Å²) in [6.07, 6.45) is 1.09. The van der Waals surface area contributed by atoms with E-state index in [2.05, 4.69) is 53.6 Å². The molecular weight excluding hydrogens is 242 g/mol. The SMILES string of the molecule is Cc1csc(Nc2ccc(CCN(C)C)cc2)n1. The average Bonchev–Trinajstić information content (AvgIpc) is 2.74. The van der Waals surface area contributed by atoms with Crippen molar-refractivity contribution in [3.8, 4) is 0 Å². The largest absolute Gasteiger partial charge is 0.332 e. The summed E-state index contributed by atoms with van der Waals surface area (Å²) in [4.78, 5) is 6.59. The monoisotopic (exact) mass is 261 g/mol. The van der Waals surface area contributed by atoms with E-state index in [0.29, 0.717) is 0 Å². The zero-order chi connectivity index (χ0) is 13.0. The van der Waals surface area contributed by atoms with Gasteiger partial charge in [0.05, 0.1) is 5.69 Å². The molecule has 4 heteroatoms. The van der Waals surface area contributed by atoms with Crippen LogP contribution in [-0.4, -0.2) is 30.5 Å². The lowest BCUT2D eigenvalue weighted by atomic mass is 10.1. The maximum absolute atomic E-state index is 4.39. The van der Waals surface area contributed by atoms with E-state index in [0.717, 1.165) is 29.5 Å². The lowest BCUT2D eigenvalue weighted by Gasteiger charge is -2.09. The summed E-state index contributed by atoms with van der Waals surface area (Å²) in [6, 6.07) is 8.57. The molecule has 0 aliphatic rings. The highest BCUT2D eigenvalue weighted by Gasteiger charge is 2.00. The lowest BCUT2D eigenvalue weighted by Crippen LogP contribution is -2.14. The Labute approximate surface area is 112 Å². The fourth-order valence-electron chi connectivity index (χ4n) is 1.64. The number of nitrogens with one attached hydrogen (secondary N) is 1. The first-order valence-electron chi connectivity index (χ1n) is 6.06. The number of hydrogen-bond donors (Lipinski definition) is 1. The van der Waals surface area contributed by atoms with E-state index in [1.807, 2.05) is 12.3 Å². The van der Waals surface area contributed by atoms with Gasteiger partial charge in [0.25, 0.3) is 0 Å². The Kier molecular flexibility index (Phi) is 4.33. The van der Waals surface area contributed by atoms with Crippen LogP contribution in [0.15, 0.2) is 29.6 Å². The minimum absolute atomic E-state index is 0.952. The molecule has 1 aromatic heterocycles. The van der Waals surface area contributed by atoms with Gasteiger partial charge in [0, 0.05) is 17.6 Å². The zero-order valence-corrected chi connectivity index (χ0v) is 11.9. The second-order valence-corrected chi connectivity index (χ2v) is 5.53. The number of nitrogens with zero attached hydrogens (tertiary/aromatic N) is 2. The van der Waals surface area contributed by atoms with Gasteiger partial charge in [-0.05, 0) is 45.1 Å². The van der Waals surface area contributed by atoms with Crippen molar-refractivity contribution >= 4 is 22.2 Å². The number of likely N-dealkylation sites (N-methyl/N-ethyl adjacent to an activating group) is 1. The topological polar surface area (TPSA) is 28.2 Å². The maximum Gasteiger partial charge on any atom is 0.187 e. The van der Waals surface area contributed by atoms with Crippen molar-refractivity contribution in [2.75, 3.05) is 26.0 Å². The number of aromatic nitrogens is 1. The van der Waals surface area contributed by atoms with Crippen LogP contribution in [0, 0.1) is 6.92 Å². The molecule has 3 nitrogen and oxygen atoms in total. The number of benzene rings is 1. The molecule has 1 aromatic carbocycles. The second-order valence-electron chi connectivity index (χ2n) is 4.67. The van der Waals surface area contributed by atoms with Crippen LogP contribution in [0.3, 0.4) is 0 Å². The first-order chi connectivity index (χ1) is 8.63. The molecule has 0 aliphatic heterocycles. The predicted molar refractivity (Wildman–Crippen MR) is 78.8 cm³/mol. The molecule has 0 unspecified atom stereocenters. The van der Waals surface area contributed by atoms with Crippen LogP contribution in [0.1, 0.15) is 11.3 Å². The summed E-state index contributed by atoms with van der Waals surface area (Å²) in [5.74, 6) is 0. The van der Waals surface area contributed by atoms with Gasteiger partial charge in [-0.1, -0.05) is 12.1 Å². The van der Waals surface area contributed by atoms with E-state index < -0.39 is 0 Å². The number of hydrogen-bond acceptors (Lipinski definition) is 4. The Morgan fingerprint density at radius 3 is 2.50 bits per heavy atom. The zero-order valence-electron chi connectivity index (χ0n) is 11.1. The summed E-state index contributed by atoms with van der Waals surface area (Å²) < 4.78 is 0. The third kappa shape index (κ3) is 3.82. The van der Waals surface area contributed by atoms with Crippen LogP contribution >= 0.6 is 11.3 Å². The van der Waals surface area contributed by atoms with Crippen molar-refractivity contribution in [2.45, 2.75) is 13.3 Å². The molecule has 0 aliphatic carbocycles. The molecule has 96 valence electrons. The van der Waals surface area contributed by atoms with Crippen LogP contribution in [0.5, 0.6) is 0 Å². The van der Waals surface area contributed by atoms with Crippen LogP contribution in [0.4, 0.5) is 10.8 Å². The van der Waals surface area contributed by atoms with Crippen LogP contribution < -0.4 is 5.32 Å². The molecule has 2 aromatic rings. The Hall–Kier alpha value is -1.39. The highest BCUT2D eigenvalue weighted by Crippen LogP contribution is 2.20. The normalized spacial score (nSPS) is 10.9. The van der Waals surface area contributed by atoms with E-state index in [9.17, 15) is 0 Å². The first-order valence-corrected chi connectivity index (χ1v) is 6.94. The van der Waals surface area contributed by atoms with Crippen molar-refractivity contribution < 1.29 is 0 Å². The molecule has 0 saturated carbocycles. The summed E-state index contributed by atoms with van der Waals surface area (Å²) in [5, 5.41) is 6.32. The minimum Gasteiger partial charge on any atom is -0.332 e. The van der Waals surface area contributed by atoms with Crippen molar-refractivity contribution in [1.29, 1.82) is 0 Å². The molecule has 1 N–H and O–H groups in total. The van der Waals surface area contributed by atoms with Crippen molar-refractivity contribution in [3.05, 3.63) is 40.9 Å². The van der Waals surface area contributed by atoms with Gasteiger partial charge in [-0.2, -0.15) is 0 Å². The molecule has 0 fully saturated rings. The smallest absolute Gasteiger partial charge is 0.187 e. The molecule has 18 heavy (non-hydrogen) atoms. The number of anilines is 2. The van der Waals surface area contributed by atoms with Gasteiger partial charge in [0.2, 0.25) is 0 Å². The molecule has 0 spiro atoms. The minimum atomic E-state index is 0.952. The van der Waals surface area contributed by atoms with Gasteiger partial charge in [-0.25, -0.2) is 4.98 Å². The fraction of sp³-hybridized carbons (Fsp3) is 0.357. The number of aryl methyl sites for hydroxylation is 1. The predicted octanol–water partition coefficient (Wildman–Crippen LogP) is 3.30. The standard InChI is InChI=1S/C14H19N3S/c1-11-10-18-14(15-11)16-13-6-4-12(5-7-13)8-9-17(2)3/h4-7,10H,8-9H2,1-3H3,(H,15,16). The van der Waals surface area contributed by atoms with Gasteiger partial charge in [0.15, 0.2) is 5.13 Å². The summed E-state index contributed by atoms with van der Waals surface area (Å²) in [7, 11) is 4.20. The molecule has 0 bridgehead atoms. The lowest BCUT2D eigenvalue weighted by molar-refractivity contribution is 0.413. The van der Waals surface area contributed by atoms with Crippen molar-refractivity contribution in [3.63, 3.8) is 0 Å². The number of thiazole rings is 1. The van der Waals surface area contributed by atoms with Gasteiger partial charge in [-0.15, -0.1) is 11.3 Å². The third-order valence-electron chi connectivity index (χ3n) is 2.67. The van der Waals surface area contributed by atoms with Gasteiger partial charge in [-0.3, -0.25) is 0 Å². The maximum atomic E-state index is 4.39. The Morgan fingerprint density at radius 1 is 1.22 bits per heavy atom. The third-order valence-corrected chi connectivity index (χ3v) is 3.55. The van der Waals surface area contributed by atoms with Crippen LogP contribution in [0.2, 0.25) is 0 Å². The van der Waals surface area contributed by atoms with Gasteiger partial charge < -0.3 is 10.2 Å². The van der Waals surface area contributed by atoms with E-state index in [1.165, 1.54) is 5.56 Å². The van der Waals surface area contributed by atoms with Gasteiger partial charge in [0.1, 0.15) is 0 Å². The van der Waals surface area contributed by atoms with E-state index in [4.69, 9.17) is 0 Å². The van der Waals surface area contributed by atoms with E-state index in [-0.39, 0.29) is 0 Å².